The van der Waals surface area contributed by atoms with E-state index < -0.39 is 0 Å². The summed E-state index contributed by atoms with van der Waals surface area (Å²) in [5.41, 5.74) is 2.43. The zero-order valence-electron chi connectivity index (χ0n) is 12.4. The van der Waals surface area contributed by atoms with Crippen LogP contribution in [0.15, 0.2) is 10.9 Å². The van der Waals surface area contributed by atoms with Crippen molar-refractivity contribution in [2.24, 2.45) is 0 Å². The van der Waals surface area contributed by atoms with Crippen LogP contribution in [0, 0.1) is 0 Å². The van der Waals surface area contributed by atoms with Gasteiger partial charge in [0.25, 0.3) is 5.56 Å². The van der Waals surface area contributed by atoms with Gasteiger partial charge in [-0.15, -0.1) is 0 Å². The summed E-state index contributed by atoms with van der Waals surface area (Å²) in [4.78, 5) is 12.3. The van der Waals surface area contributed by atoms with Crippen molar-refractivity contribution in [2.75, 3.05) is 13.2 Å². The van der Waals surface area contributed by atoms with Crippen LogP contribution >= 0.6 is 0 Å². The fourth-order valence-corrected chi connectivity index (χ4v) is 3.83. The van der Waals surface area contributed by atoms with Gasteiger partial charge in [0.2, 0.25) is 0 Å². The van der Waals surface area contributed by atoms with Gasteiger partial charge in [0, 0.05) is 12.1 Å². The number of fused-ring (bicyclic) bond motifs is 1. The van der Waals surface area contributed by atoms with Crippen LogP contribution in [0.3, 0.4) is 0 Å². The maximum atomic E-state index is 12.3. The molecule has 0 unspecified atom stereocenters. The minimum atomic E-state index is 0.0967. The monoisotopic (exact) mass is 289 g/mol. The van der Waals surface area contributed by atoms with Gasteiger partial charge in [-0.1, -0.05) is 0 Å². The van der Waals surface area contributed by atoms with Crippen LogP contribution in [-0.4, -0.2) is 35.1 Å². The Morgan fingerprint density at radius 2 is 1.95 bits per heavy atom. The predicted molar refractivity (Wildman–Crippen MR) is 79.6 cm³/mol. The number of hydrogen-bond donors (Lipinski definition) is 1. The van der Waals surface area contributed by atoms with Crippen LogP contribution in [0.2, 0.25) is 0 Å². The largest absolute Gasteiger partial charge is 0.378 e. The first-order chi connectivity index (χ1) is 10.3. The fraction of sp³-hybridized carbons (Fsp3) is 0.750. The molecule has 1 aromatic heterocycles. The van der Waals surface area contributed by atoms with Gasteiger partial charge >= 0.3 is 0 Å². The lowest BCUT2D eigenvalue weighted by atomic mass is 9.90. The van der Waals surface area contributed by atoms with Gasteiger partial charge in [0.05, 0.1) is 31.0 Å². The van der Waals surface area contributed by atoms with E-state index in [2.05, 4.69) is 10.4 Å². The summed E-state index contributed by atoms with van der Waals surface area (Å²) in [5, 5.41) is 8.30. The first kappa shape index (κ1) is 13.5. The summed E-state index contributed by atoms with van der Waals surface area (Å²) in [6, 6.07) is 3.25. The van der Waals surface area contributed by atoms with E-state index in [-0.39, 0.29) is 5.56 Å². The van der Waals surface area contributed by atoms with Crippen molar-refractivity contribution in [3.05, 3.63) is 27.7 Å². The normalized spacial score (nSPS) is 29.1. The summed E-state index contributed by atoms with van der Waals surface area (Å²) in [7, 11) is 0. The summed E-state index contributed by atoms with van der Waals surface area (Å²) in [6.07, 6.45) is 7.57. The molecule has 21 heavy (non-hydrogen) atoms. The number of aryl methyl sites for hydroxylation is 2. The number of ether oxygens (including phenoxy) is 1. The summed E-state index contributed by atoms with van der Waals surface area (Å²) < 4.78 is 6.98. The number of nitrogens with one attached hydrogen (secondary N) is 1. The molecule has 114 valence electrons. The SMILES string of the molecule is O=c1cc2c(nn1C1CCC(NC3COC3)CC1)CCC2. The van der Waals surface area contributed by atoms with E-state index in [9.17, 15) is 4.79 Å². The highest BCUT2D eigenvalue weighted by atomic mass is 16.5. The first-order valence-electron chi connectivity index (χ1n) is 8.25. The smallest absolute Gasteiger partial charge is 0.267 e. The van der Waals surface area contributed by atoms with Crippen molar-refractivity contribution in [3.63, 3.8) is 0 Å². The number of hydrogen-bond acceptors (Lipinski definition) is 4. The van der Waals surface area contributed by atoms with E-state index >= 15 is 0 Å². The summed E-state index contributed by atoms with van der Waals surface area (Å²) >= 11 is 0. The average Bonchev–Trinajstić information content (AvgIpc) is 2.90. The summed E-state index contributed by atoms with van der Waals surface area (Å²) in [5.74, 6) is 0. The van der Waals surface area contributed by atoms with Crippen LogP contribution in [0.5, 0.6) is 0 Å². The van der Waals surface area contributed by atoms with Gasteiger partial charge in [0.15, 0.2) is 0 Å². The van der Waals surface area contributed by atoms with Crippen LogP contribution < -0.4 is 10.9 Å². The van der Waals surface area contributed by atoms with Crippen molar-refractivity contribution in [2.45, 2.75) is 63.1 Å². The Kier molecular flexibility index (Phi) is 3.55. The zero-order valence-corrected chi connectivity index (χ0v) is 12.4. The standard InChI is InChI=1S/C16H23N3O2/c20-16-8-11-2-1-3-15(11)18-19(16)14-6-4-12(5-7-14)17-13-9-21-10-13/h8,12-14,17H,1-7,9-10H2. The lowest BCUT2D eigenvalue weighted by molar-refractivity contribution is -0.0126. The maximum Gasteiger partial charge on any atom is 0.267 e. The molecular weight excluding hydrogens is 266 g/mol. The predicted octanol–water partition coefficient (Wildman–Crippen LogP) is 1.20. The van der Waals surface area contributed by atoms with Gasteiger partial charge in [-0.2, -0.15) is 5.10 Å². The lowest BCUT2D eigenvalue weighted by Gasteiger charge is -2.35. The van der Waals surface area contributed by atoms with Crippen molar-refractivity contribution in [1.29, 1.82) is 0 Å². The van der Waals surface area contributed by atoms with Gasteiger partial charge in [0.1, 0.15) is 0 Å². The summed E-state index contributed by atoms with van der Waals surface area (Å²) in [6.45, 7) is 1.71. The van der Waals surface area contributed by atoms with E-state index in [1.54, 1.807) is 4.68 Å². The van der Waals surface area contributed by atoms with Gasteiger partial charge < -0.3 is 10.1 Å². The molecule has 5 heteroatoms. The average molecular weight is 289 g/mol. The molecule has 0 spiro atoms. The molecule has 2 fully saturated rings. The Morgan fingerprint density at radius 3 is 2.67 bits per heavy atom. The molecule has 1 saturated carbocycles. The molecule has 0 amide bonds. The highest BCUT2D eigenvalue weighted by Crippen LogP contribution is 2.28. The van der Waals surface area contributed by atoms with Gasteiger partial charge in [-0.3, -0.25) is 4.79 Å². The number of rotatable bonds is 3. The fourth-order valence-electron chi connectivity index (χ4n) is 3.83. The zero-order chi connectivity index (χ0) is 14.2. The molecule has 1 N–H and O–H groups in total. The molecule has 5 nitrogen and oxygen atoms in total. The third-order valence-electron chi connectivity index (χ3n) is 5.13. The van der Waals surface area contributed by atoms with E-state index in [0.29, 0.717) is 18.1 Å². The molecule has 3 aliphatic rings. The molecule has 1 aliphatic heterocycles. The molecule has 1 aromatic rings. The van der Waals surface area contributed by atoms with E-state index in [1.165, 1.54) is 5.56 Å². The second-order valence-electron chi connectivity index (χ2n) is 6.66. The van der Waals surface area contributed by atoms with E-state index in [4.69, 9.17) is 4.74 Å². The van der Waals surface area contributed by atoms with Gasteiger partial charge in [-0.25, -0.2) is 4.68 Å². The third-order valence-corrected chi connectivity index (χ3v) is 5.13. The number of nitrogens with zero attached hydrogens (tertiary/aromatic N) is 2. The Morgan fingerprint density at radius 1 is 1.14 bits per heavy atom. The Labute approximate surface area is 124 Å². The highest BCUT2D eigenvalue weighted by Gasteiger charge is 2.28. The molecule has 2 aliphatic carbocycles. The van der Waals surface area contributed by atoms with E-state index in [0.717, 1.165) is 63.9 Å². The molecule has 0 radical (unpaired) electrons. The van der Waals surface area contributed by atoms with Crippen LogP contribution in [-0.2, 0) is 17.6 Å². The molecule has 0 aromatic carbocycles. The van der Waals surface area contributed by atoms with Crippen molar-refractivity contribution >= 4 is 0 Å². The van der Waals surface area contributed by atoms with Crippen molar-refractivity contribution in [3.8, 4) is 0 Å². The molecule has 0 atom stereocenters. The minimum Gasteiger partial charge on any atom is -0.378 e. The quantitative estimate of drug-likeness (QED) is 0.908. The first-order valence-corrected chi connectivity index (χ1v) is 8.25. The van der Waals surface area contributed by atoms with E-state index in [1.807, 2.05) is 6.07 Å². The van der Waals surface area contributed by atoms with Crippen LogP contribution in [0.25, 0.3) is 0 Å². The molecule has 2 heterocycles. The Bertz CT molecular complexity index is 571. The van der Waals surface area contributed by atoms with Crippen LogP contribution in [0.4, 0.5) is 0 Å². The maximum absolute atomic E-state index is 12.3. The Hall–Kier alpha value is -1.20. The lowest BCUT2D eigenvalue weighted by Crippen LogP contribution is -2.51. The number of aromatic nitrogens is 2. The molecular formula is C16H23N3O2. The Balaban J connectivity index is 1.42. The van der Waals surface area contributed by atoms with Crippen molar-refractivity contribution < 1.29 is 4.74 Å². The molecule has 1 saturated heterocycles. The minimum absolute atomic E-state index is 0.0967. The molecule has 4 rings (SSSR count). The highest BCUT2D eigenvalue weighted by molar-refractivity contribution is 5.22. The molecule has 0 bridgehead atoms. The third kappa shape index (κ3) is 2.64. The van der Waals surface area contributed by atoms with Gasteiger partial charge in [-0.05, 0) is 50.5 Å². The van der Waals surface area contributed by atoms with Crippen molar-refractivity contribution in [1.82, 2.24) is 15.1 Å². The second kappa shape index (κ2) is 5.54. The second-order valence-corrected chi connectivity index (χ2v) is 6.66. The van der Waals surface area contributed by atoms with Crippen LogP contribution in [0.1, 0.15) is 49.4 Å². The topological polar surface area (TPSA) is 56.2 Å².